The van der Waals surface area contributed by atoms with Crippen molar-refractivity contribution < 1.29 is 4.79 Å². The highest BCUT2D eigenvalue weighted by Gasteiger charge is 2.00. The van der Waals surface area contributed by atoms with Crippen molar-refractivity contribution in [1.82, 2.24) is 4.98 Å². The van der Waals surface area contributed by atoms with Gasteiger partial charge in [0.2, 0.25) is 0 Å². The van der Waals surface area contributed by atoms with Crippen LogP contribution in [-0.4, -0.2) is 10.8 Å². The predicted octanol–water partition coefficient (Wildman–Crippen LogP) is 2.62. The number of thiazole rings is 1. The first-order chi connectivity index (χ1) is 6.22. The summed E-state index contributed by atoms with van der Waals surface area (Å²) in [5.41, 5.74) is 1.17. The van der Waals surface area contributed by atoms with Crippen molar-refractivity contribution in [2.24, 2.45) is 0 Å². The van der Waals surface area contributed by atoms with E-state index >= 15 is 0 Å². The third-order valence-corrected chi connectivity index (χ3v) is 2.84. The van der Waals surface area contributed by atoms with Crippen molar-refractivity contribution in [2.75, 3.05) is 0 Å². The molecule has 1 heterocycles. The lowest BCUT2D eigenvalue weighted by atomic mass is 10.2. The molecule has 0 aliphatic carbocycles. The first kappa shape index (κ1) is 10.4. The number of carbonyl (C=O) groups is 1. The fraction of sp³-hybridized carbons (Fsp3) is 0.600. The van der Waals surface area contributed by atoms with E-state index in [1.807, 2.05) is 0 Å². The highest BCUT2D eigenvalue weighted by Crippen LogP contribution is 2.12. The lowest BCUT2D eigenvalue weighted by molar-refractivity contribution is -0.117. The van der Waals surface area contributed by atoms with Crippen molar-refractivity contribution in [2.45, 2.75) is 39.5 Å². The van der Waals surface area contributed by atoms with Crippen LogP contribution in [0.15, 0.2) is 5.38 Å². The SMILES string of the molecule is CCc1csc(CCCC(C)=O)n1. The number of hydrogen-bond acceptors (Lipinski definition) is 3. The highest BCUT2D eigenvalue weighted by molar-refractivity contribution is 7.09. The Kier molecular flexibility index (Phi) is 4.09. The summed E-state index contributed by atoms with van der Waals surface area (Å²) in [5, 5.41) is 3.27. The zero-order chi connectivity index (χ0) is 9.68. The molecule has 3 heteroatoms. The number of aromatic nitrogens is 1. The van der Waals surface area contributed by atoms with Gasteiger partial charge in [0.05, 0.1) is 10.7 Å². The van der Waals surface area contributed by atoms with Gasteiger partial charge in [-0.05, 0) is 26.2 Å². The molecule has 0 amide bonds. The van der Waals surface area contributed by atoms with E-state index in [2.05, 4.69) is 17.3 Å². The molecule has 0 aromatic carbocycles. The minimum Gasteiger partial charge on any atom is -0.300 e. The zero-order valence-electron chi connectivity index (χ0n) is 8.17. The van der Waals surface area contributed by atoms with E-state index < -0.39 is 0 Å². The fourth-order valence-electron chi connectivity index (χ4n) is 1.11. The molecular formula is C10H15NOS. The molecular weight excluding hydrogens is 182 g/mol. The number of aryl methyl sites for hydroxylation is 2. The van der Waals surface area contributed by atoms with Gasteiger partial charge >= 0.3 is 0 Å². The van der Waals surface area contributed by atoms with Gasteiger partial charge in [-0.2, -0.15) is 0 Å². The Morgan fingerprint density at radius 2 is 2.38 bits per heavy atom. The molecule has 0 radical (unpaired) electrons. The van der Waals surface area contributed by atoms with Crippen LogP contribution < -0.4 is 0 Å². The van der Waals surface area contributed by atoms with Crippen LogP contribution in [0.4, 0.5) is 0 Å². The first-order valence-corrected chi connectivity index (χ1v) is 5.53. The predicted molar refractivity (Wildman–Crippen MR) is 55.1 cm³/mol. The lowest BCUT2D eigenvalue weighted by Crippen LogP contribution is -1.92. The molecule has 72 valence electrons. The smallest absolute Gasteiger partial charge is 0.129 e. The van der Waals surface area contributed by atoms with Gasteiger partial charge in [0, 0.05) is 11.8 Å². The third-order valence-electron chi connectivity index (χ3n) is 1.88. The van der Waals surface area contributed by atoms with Gasteiger partial charge in [-0.15, -0.1) is 11.3 Å². The highest BCUT2D eigenvalue weighted by atomic mass is 32.1. The summed E-state index contributed by atoms with van der Waals surface area (Å²) >= 11 is 1.70. The third kappa shape index (κ3) is 3.68. The van der Waals surface area contributed by atoms with Crippen LogP contribution in [0.1, 0.15) is 37.4 Å². The van der Waals surface area contributed by atoms with Gasteiger partial charge in [0.15, 0.2) is 0 Å². The average Bonchev–Trinajstić information content (AvgIpc) is 2.52. The Bertz CT molecular complexity index is 280. The molecule has 0 saturated carbocycles. The van der Waals surface area contributed by atoms with E-state index in [-0.39, 0.29) is 5.78 Å². The second-order valence-electron chi connectivity index (χ2n) is 3.14. The van der Waals surface area contributed by atoms with Crippen molar-refractivity contribution in [1.29, 1.82) is 0 Å². The molecule has 13 heavy (non-hydrogen) atoms. The van der Waals surface area contributed by atoms with Gasteiger partial charge in [0.1, 0.15) is 5.78 Å². The fourth-order valence-corrected chi connectivity index (χ4v) is 2.04. The molecule has 0 aliphatic heterocycles. The molecule has 0 aliphatic rings. The lowest BCUT2D eigenvalue weighted by Gasteiger charge is -1.93. The van der Waals surface area contributed by atoms with Crippen LogP contribution in [-0.2, 0) is 17.6 Å². The molecule has 0 unspecified atom stereocenters. The summed E-state index contributed by atoms with van der Waals surface area (Å²) in [6, 6.07) is 0. The monoisotopic (exact) mass is 197 g/mol. The summed E-state index contributed by atoms with van der Waals surface area (Å²) < 4.78 is 0. The van der Waals surface area contributed by atoms with Gasteiger partial charge in [-0.1, -0.05) is 6.92 Å². The maximum Gasteiger partial charge on any atom is 0.129 e. The van der Waals surface area contributed by atoms with Crippen LogP contribution in [0, 0.1) is 0 Å². The molecule has 0 spiro atoms. The normalized spacial score (nSPS) is 10.3. The zero-order valence-corrected chi connectivity index (χ0v) is 8.99. The molecule has 1 rings (SSSR count). The van der Waals surface area contributed by atoms with E-state index in [1.54, 1.807) is 18.3 Å². The molecule has 0 N–H and O–H groups in total. The summed E-state index contributed by atoms with van der Waals surface area (Å²) in [6.45, 7) is 3.74. The van der Waals surface area contributed by atoms with Gasteiger partial charge in [-0.3, -0.25) is 0 Å². The van der Waals surface area contributed by atoms with Crippen LogP contribution in [0.3, 0.4) is 0 Å². The van der Waals surface area contributed by atoms with Crippen molar-refractivity contribution >= 4 is 17.1 Å². The van der Waals surface area contributed by atoms with Crippen LogP contribution in [0.2, 0.25) is 0 Å². The number of nitrogens with zero attached hydrogens (tertiary/aromatic N) is 1. The van der Waals surface area contributed by atoms with Crippen molar-refractivity contribution in [3.8, 4) is 0 Å². The molecule has 1 aromatic rings. The summed E-state index contributed by atoms with van der Waals surface area (Å²) in [7, 11) is 0. The number of ketones is 1. The summed E-state index contributed by atoms with van der Waals surface area (Å²) in [5.74, 6) is 0.271. The van der Waals surface area contributed by atoms with Gasteiger partial charge in [0.25, 0.3) is 0 Å². The van der Waals surface area contributed by atoms with E-state index in [0.717, 1.165) is 24.3 Å². The van der Waals surface area contributed by atoms with Crippen molar-refractivity contribution in [3.05, 3.63) is 16.1 Å². The van der Waals surface area contributed by atoms with Gasteiger partial charge in [-0.25, -0.2) is 4.98 Å². The maximum absolute atomic E-state index is 10.7. The number of carbonyl (C=O) groups excluding carboxylic acids is 1. The van der Waals surface area contributed by atoms with Crippen LogP contribution >= 0.6 is 11.3 Å². The number of Topliss-reactive ketones (excluding diaryl/α,β-unsaturated/α-hetero) is 1. The largest absolute Gasteiger partial charge is 0.300 e. The molecule has 2 nitrogen and oxygen atoms in total. The van der Waals surface area contributed by atoms with Crippen LogP contribution in [0.5, 0.6) is 0 Å². The van der Waals surface area contributed by atoms with E-state index in [1.165, 1.54) is 5.69 Å². The summed E-state index contributed by atoms with van der Waals surface area (Å²) in [4.78, 5) is 15.1. The van der Waals surface area contributed by atoms with E-state index in [4.69, 9.17) is 0 Å². The number of hydrogen-bond donors (Lipinski definition) is 0. The number of rotatable bonds is 5. The molecule has 0 bridgehead atoms. The molecule has 0 fully saturated rings. The molecule has 0 saturated heterocycles. The Hall–Kier alpha value is -0.700. The maximum atomic E-state index is 10.7. The standard InChI is InChI=1S/C10H15NOS/c1-3-9-7-13-10(11-9)6-4-5-8(2)12/h7H,3-6H2,1-2H3. The second kappa shape index (κ2) is 5.12. The van der Waals surface area contributed by atoms with Crippen molar-refractivity contribution in [3.63, 3.8) is 0 Å². The Morgan fingerprint density at radius 1 is 1.62 bits per heavy atom. The minimum atomic E-state index is 0.271. The Labute approximate surface area is 83.0 Å². The van der Waals surface area contributed by atoms with Gasteiger partial charge < -0.3 is 4.79 Å². The Balaban J connectivity index is 2.32. The molecule has 0 atom stereocenters. The Morgan fingerprint density at radius 3 is 2.92 bits per heavy atom. The average molecular weight is 197 g/mol. The topological polar surface area (TPSA) is 30.0 Å². The molecule has 1 aromatic heterocycles. The van der Waals surface area contributed by atoms with Crippen LogP contribution in [0.25, 0.3) is 0 Å². The minimum absolute atomic E-state index is 0.271. The quantitative estimate of drug-likeness (QED) is 0.726. The first-order valence-electron chi connectivity index (χ1n) is 4.65. The summed E-state index contributed by atoms with van der Waals surface area (Å²) in [6.07, 6.45) is 3.57. The van der Waals surface area contributed by atoms with E-state index in [0.29, 0.717) is 6.42 Å². The van der Waals surface area contributed by atoms with E-state index in [9.17, 15) is 4.79 Å². The second-order valence-corrected chi connectivity index (χ2v) is 4.08.